The van der Waals surface area contributed by atoms with Gasteiger partial charge in [0.05, 0.1) is 0 Å². The van der Waals surface area contributed by atoms with Crippen LogP contribution in [-0.4, -0.2) is 18.6 Å². The fourth-order valence-electron chi connectivity index (χ4n) is 3.29. The van der Waals surface area contributed by atoms with Crippen LogP contribution in [0.2, 0.25) is 0 Å². The van der Waals surface area contributed by atoms with Gasteiger partial charge in [0.2, 0.25) is 0 Å². The third-order valence-corrected chi connectivity index (χ3v) is 4.46. The standard InChI is InChI=1S/C18H22N2/c1-13(18-16(19)12-20-18)17(14-8-4-2-5-9-14)15-10-6-3-7-11-15/h2-11,13,16-18,20H,12,19H2,1H3. The van der Waals surface area contributed by atoms with Crippen molar-refractivity contribution < 1.29 is 0 Å². The van der Waals surface area contributed by atoms with Crippen molar-refractivity contribution >= 4 is 0 Å². The Morgan fingerprint density at radius 2 is 1.45 bits per heavy atom. The van der Waals surface area contributed by atoms with Crippen LogP contribution < -0.4 is 11.1 Å². The highest BCUT2D eigenvalue weighted by molar-refractivity contribution is 5.34. The maximum atomic E-state index is 6.16. The summed E-state index contributed by atoms with van der Waals surface area (Å²) in [6, 6.07) is 22.2. The van der Waals surface area contributed by atoms with E-state index in [-0.39, 0.29) is 6.04 Å². The van der Waals surface area contributed by atoms with Crippen LogP contribution in [0.1, 0.15) is 24.0 Å². The Bertz CT molecular complexity index is 498. The Morgan fingerprint density at radius 1 is 0.950 bits per heavy atom. The molecule has 2 heteroatoms. The van der Waals surface area contributed by atoms with E-state index in [0.717, 1.165) is 6.54 Å². The van der Waals surface area contributed by atoms with E-state index < -0.39 is 0 Å². The molecule has 2 nitrogen and oxygen atoms in total. The molecule has 0 radical (unpaired) electrons. The number of benzene rings is 2. The van der Waals surface area contributed by atoms with Gasteiger partial charge in [-0.15, -0.1) is 0 Å². The third-order valence-electron chi connectivity index (χ3n) is 4.46. The second kappa shape index (κ2) is 5.78. The Morgan fingerprint density at radius 3 is 1.80 bits per heavy atom. The SMILES string of the molecule is CC(C(c1ccccc1)c1ccccc1)C1NCC1N. The molecule has 1 aliphatic rings. The molecule has 3 rings (SSSR count). The van der Waals surface area contributed by atoms with Gasteiger partial charge < -0.3 is 11.1 Å². The zero-order valence-electron chi connectivity index (χ0n) is 11.9. The molecular weight excluding hydrogens is 244 g/mol. The first kappa shape index (κ1) is 13.3. The largest absolute Gasteiger partial charge is 0.325 e. The van der Waals surface area contributed by atoms with E-state index in [1.807, 2.05) is 0 Å². The van der Waals surface area contributed by atoms with Gasteiger partial charge in [-0.05, 0) is 17.0 Å². The minimum atomic E-state index is 0.278. The van der Waals surface area contributed by atoms with Crippen molar-refractivity contribution in [1.82, 2.24) is 5.32 Å². The van der Waals surface area contributed by atoms with Crippen molar-refractivity contribution in [3.8, 4) is 0 Å². The highest BCUT2D eigenvalue weighted by Crippen LogP contribution is 2.35. The van der Waals surface area contributed by atoms with Gasteiger partial charge in [-0.25, -0.2) is 0 Å². The molecule has 0 saturated carbocycles. The summed E-state index contributed by atoms with van der Waals surface area (Å²) >= 11 is 0. The van der Waals surface area contributed by atoms with E-state index in [1.165, 1.54) is 11.1 Å². The van der Waals surface area contributed by atoms with Gasteiger partial charge in [0.15, 0.2) is 0 Å². The summed E-state index contributed by atoms with van der Waals surface area (Å²) in [6.07, 6.45) is 0. The van der Waals surface area contributed by atoms with Gasteiger partial charge in [-0.2, -0.15) is 0 Å². The van der Waals surface area contributed by atoms with Crippen molar-refractivity contribution in [2.45, 2.75) is 24.9 Å². The third kappa shape index (κ3) is 2.49. The minimum Gasteiger partial charge on any atom is -0.325 e. The summed E-state index contributed by atoms with van der Waals surface area (Å²) in [6.45, 7) is 3.24. The molecule has 1 saturated heterocycles. The van der Waals surface area contributed by atoms with E-state index in [4.69, 9.17) is 5.73 Å². The summed E-state index contributed by atoms with van der Waals surface area (Å²) in [7, 11) is 0. The molecule has 0 amide bonds. The Labute approximate surface area is 121 Å². The predicted molar refractivity (Wildman–Crippen MR) is 83.7 cm³/mol. The lowest BCUT2D eigenvalue weighted by atomic mass is 9.74. The fraction of sp³-hybridized carbons (Fsp3) is 0.333. The fourth-order valence-corrected chi connectivity index (χ4v) is 3.29. The van der Waals surface area contributed by atoms with Crippen molar-refractivity contribution in [3.05, 3.63) is 71.8 Å². The maximum absolute atomic E-state index is 6.16. The summed E-state index contributed by atoms with van der Waals surface area (Å²) in [5.41, 5.74) is 8.89. The highest BCUT2D eigenvalue weighted by atomic mass is 15.1. The molecule has 2 aromatic carbocycles. The number of hydrogen-bond acceptors (Lipinski definition) is 2. The average Bonchev–Trinajstić information content (AvgIpc) is 2.48. The molecule has 1 fully saturated rings. The maximum Gasteiger partial charge on any atom is 0.0324 e. The Kier molecular flexibility index (Phi) is 3.86. The molecule has 20 heavy (non-hydrogen) atoms. The van der Waals surface area contributed by atoms with E-state index in [9.17, 15) is 0 Å². The summed E-state index contributed by atoms with van der Waals surface area (Å²) in [4.78, 5) is 0. The summed E-state index contributed by atoms with van der Waals surface area (Å²) in [5, 5.41) is 3.49. The zero-order valence-corrected chi connectivity index (χ0v) is 11.9. The van der Waals surface area contributed by atoms with Crippen LogP contribution in [0.4, 0.5) is 0 Å². The first-order chi connectivity index (χ1) is 9.77. The van der Waals surface area contributed by atoms with Gasteiger partial charge in [0.1, 0.15) is 0 Å². The van der Waals surface area contributed by atoms with E-state index in [1.54, 1.807) is 0 Å². The number of nitrogens with two attached hydrogens (primary N) is 1. The summed E-state index contributed by atoms with van der Waals surface area (Å²) in [5.74, 6) is 0.866. The lowest BCUT2D eigenvalue weighted by Gasteiger charge is -2.43. The lowest BCUT2D eigenvalue weighted by molar-refractivity contribution is 0.218. The van der Waals surface area contributed by atoms with E-state index in [0.29, 0.717) is 17.9 Å². The summed E-state index contributed by atoms with van der Waals surface area (Å²) < 4.78 is 0. The average molecular weight is 266 g/mol. The van der Waals surface area contributed by atoms with Crippen molar-refractivity contribution in [2.75, 3.05) is 6.54 Å². The minimum absolute atomic E-state index is 0.278. The van der Waals surface area contributed by atoms with Crippen molar-refractivity contribution in [1.29, 1.82) is 0 Å². The number of nitrogens with one attached hydrogen (secondary N) is 1. The molecule has 1 aliphatic heterocycles. The molecule has 2 aromatic rings. The molecule has 3 unspecified atom stereocenters. The van der Waals surface area contributed by atoms with Gasteiger partial charge in [-0.1, -0.05) is 67.6 Å². The molecule has 1 heterocycles. The smallest absolute Gasteiger partial charge is 0.0324 e. The topological polar surface area (TPSA) is 38.0 Å². The molecule has 0 spiro atoms. The molecule has 0 aliphatic carbocycles. The van der Waals surface area contributed by atoms with Gasteiger partial charge in [-0.3, -0.25) is 0 Å². The molecule has 104 valence electrons. The van der Waals surface area contributed by atoms with Gasteiger partial charge in [0, 0.05) is 24.5 Å². The second-order valence-corrected chi connectivity index (χ2v) is 5.76. The second-order valence-electron chi connectivity index (χ2n) is 5.76. The zero-order chi connectivity index (χ0) is 13.9. The first-order valence-corrected chi connectivity index (χ1v) is 7.36. The highest BCUT2D eigenvalue weighted by Gasteiger charge is 2.36. The van der Waals surface area contributed by atoms with E-state index >= 15 is 0 Å². The lowest BCUT2D eigenvalue weighted by Crippen LogP contribution is -2.65. The molecule has 3 atom stereocenters. The normalized spacial score (nSPS) is 23.4. The van der Waals surface area contributed by atoms with Crippen LogP contribution >= 0.6 is 0 Å². The van der Waals surface area contributed by atoms with Crippen molar-refractivity contribution in [2.24, 2.45) is 11.7 Å². The first-order valence-electron chi connectivity index (χ1n) is 7.36. The molecule has 0 aromatic heterocycles. The number of hydrogen-bond donors (Lipinski definition) is 2. The van der Waals surface area contributed by atoms with Crippen LogP contribution in [0, 0.1) is 5.92 Å². The van der Waals surface area contributed by atoms with Crippen LogP contribution in [0.3, 0.4) is 0 Å². The predicted octanol–water partition coefficient (Wildman–Crippen LogP) is 2.75. The van der Waals surface area contributed by atoms with Crippen LogP contribution in [-0.2, 0) is 0 Å². The molecular formula is C18H22N2. The molecule has 0 bridgehead atoms. The van der Waals surface area contributed by atoms with E-state index in [2.05, 4.69) is 72.9 Å². The quantitative estimate of drug-likeness (QED) is 0.893. The van der Waals surface area contributed by atoms with Crippen molar-refractivity contribution in [3.63, 3.8) is 0 Å². The Balaban J connectivity index is 1.96. The van der Waals surface area contributed by atoms with Crippen LogP contribution in [0.5, 0.6) is 0 Å². The monoisotopic (exact) mass is 266 g/mol. The van der Waals surface area contributed by atoms with Gasteiger partial charge >= 0.3 is 0 Å². The number of rotatable bonds is 4. The Hall–Kier alpha value is -1.64. The van der Waals surface area contributed by atoms with Crippen LogP contribution in [0.15, 0.2) is 60.7 Å². The molecule has 3 N–H and O–H groups in total. The van der Waals surface area contributed by atoms with Crippen LogP contribution in [0.25, 0.3) is 0 Å². The van der Waals surface area contributed by atoms with Gasteiger partial charge in [0.25, 0.3) is 0 Å².